The van der Waals surface area contributed by atoms with Gasteiger partial charge in [0, 0.05) is 27.8 Å². The maximum atomic E-state index is 5.05. The molecule has 0 saturated carbocycles. The predicted octanol–water partition coefficient (Wildman–Crippen LogP) is 9.82. The Hall–Kier alpha value is -6.33. The molecular formula is C41H27N5. The Morgan fingerprint density at radius 2 is 0.674 bits per heavy atom. The average Bonchev–Trinajstić information content (AvgIpc) is 3.15. The number of benzene rings is 6. The first-order valence-corrected chi connectivity index (χ1v) is 15.2. The lowest BCUT2D eigenvalue weighted by Gasteiger charge is -2.14. The molecule has 0 aliphatic carbocycles. The van der Waals surface area contributed by atoms with Crippen LogP contribution in [-0.4, -0.2) is 25.1 Å². The van der Waals surface area contributed by atoms with E-state index in [-0.39, 0.29) is 0 Å². The molecule has 0 amide bonds. The van der Waals surface area contributed by atoms with Crippen molar-refractivity contribution in [3.8, 4) is 67.8 Å². The van der Waals surface area contributed by atoms with Gasteiger partial charge in [0.25, 0.3) is 0 Å². The summed E-state index contributed by atoms with van der Waals surface area (Å²) in [7, 11) is 0. The van der Waals surface area contributed by atoms with Crippen molar-refractivity contribution in [2.24, 2.45) is 0 Å². The van der Waals surface area contributed by atoms with Crippen LogP contribution in [0.4, 0.5) is 0 Å². The van der Waals surface area contributed by atoms with E-state index < -0.39 is 0 Å². The van der Waals surface area contributed by atoms with E-state index in [9.17, 15) is 0 Å². The van der Waals surface area contributed by atoms with E-state index in [0.717, 1.165) is 61.1 Å². The monoisotopic (exact) mass is 589 g/mol. The van der Waals surface area contributed by atoms with Crippen molar-refractivity contribution in [2.45, 2.75) is 0 Å². The Morgan fingerprint density at radius 1 is 0.283 bits per heavy atom. The van der Waals surface area contributed by atoms with Crippen LogP contribution in [0.3, 0.4) is 0 Å². The molecule has 46 heavy (non-hydrogen) atoms. The summed E-state index contributed by atoms with van der Waals surface area (Å²) in [5.41, 5.74) is 8.63. The molecule has 0 unspecified atom stereocenters. The fourth-order valence-corrected chi connectivity index (χ4v) is 5.66. The first kappa shape index (κ1) is 27.2. The molecular weight excluding hydrogens is 562 g/mol. The van der Waals surface area contributed by atoms with Crippen LogP contribution in [0.5, 0.6) is 0 Å². The Labute approximate surface area is 267 Å². The fourth-order valence-electron chi connectivity index (χ4n) is 5.66. The number of nitrogens with zero attached hydrogens (tertiary/aromatic N) is 5. The highest BCUT2D eigenvalue weighted by Crippen LogP contribution is 2.36. The van der Waals surface area contributed by atoms with Crippen LogP contribution in [0.25, 0.3) is 78.6 Å². The van der Waals surface area contributed by atoms with Gasteiger partial charge < -0.3 is 0 Å². The van der Waals surface area contributed by atoms with Crippen molar-refractivity contribution in [3.63, 3.8) is 0 Å². The molecule has 0 aliphatic heterocycles. The highest BCUT2D eigenvalue weighted by molar-refractivity contribution is 5.95. The highest BCUT2D eigenvalue weighted by atomic mass is 15.1. The standard InChI is InChI=1S/C41H27N5/c1-4-12-29(13-5-1)37-24-25-38(46-45-37)30-22-20-28(21-23-30)35-26-33-18-10-11-19-34(33)27-36(35)41-43-39(31-14-6-2-7-15-31)42-40(44-41)32-16-8-3-9-17-32/h1-27H. The van der Waals surface area contributed by atoms with E-state index in [4.69, 9.17) is 15.0 Å². The molecule has 5 nitrogen and oxygen atoms in total. The molecule has 216 valence electrons. The smallest absolute Gasteiger partial charge is 0.164 e. The normalized spacial score (nSPS) is 11.0. The first-order valence-electron chi connectivity index (χ1n) is 15.2. The molecule has 5 heteroatoms. The second kappa shape index (κ2) is 12.0. The van der Waals surface area contributed by atoms with Gasteiger partial charge in [-0.05, 0) is 46.2 Å². The Bertz CT molecular complexity index is 2210. The molecule has 0 atom stereocenters. The zero-order chi connectivity index (χ0) is 30.7. The van der Waals surface area contributed by atoms with Crippen molar-refractivity contribution < 1.29 is 0 Å². The van der Waals surface area contributed by atoms with E-state index in [1.807, 2.05) is 103 Å². The van der Waals surface area contributed by atoms with Crippen LogP contribution in [0.2, 0.25) is 0 Å². The van der Waals surface area contributed by atoms with Gasteiger partial charge in [0.2, 0.25) is 0 Å². The Balaban J connectivity index is 1.24. The number of rotatable bonds is 6. The Kier molecular flexibility index (Phi) is 7.09. The van der Waals surface area contributed by atoms with E-state index >= 15 is 0 Å². The van der Waals surface area contributed by atoms with Crippen LogP contribution >= 0.6 is 0 Å². The summed E-state index contributed by atoms with van der Waals surface area (Å²) < 4.78 is 0. The predicted molar refractivity (Wildman–Crippen MR) is 186 cm³/mol. The summed E-state index contributed by atoms with van der Waals surface area (Å²) >= 11 is 0. The van der Waals surface area contributed by atoms with Gasteiger partial charge in [-0.1, -0.05) is 140 Å². The van der Waals surface area contributed by atoms with E-state index in [1.165, 1.54) is 0 Å². The minimum Gasteiger partial charge on any atom is -0.208 e. The molecule has 0 spiro atoms. The minimum atomic E-state index is 0.625. The summed E-state index contributed by atoms with van der Waals surface area (Å²) in [6.45, 7) is 0. The van der Waals surface area contributed by atoms with Crippen molar-refractivity contribution >= 4 is 10.8 Å². The van der Waals surface area contributed by atoms with Crippen molar-refractivity contribution in [3.05, 3.63) is 164 Å². The highest BCUT2D eigenvalue weighted by Gasteiger charge is 2.17. The van der Waals surface area contributed by atoms with Crippen LogP contribution < -0.4 is 0 Å². The van der Waals surface area contributed by atoms with Gasteiger partial charge in [-0.3, -0.25) is 0 Å². The van der Waals surface area contributed by atoms with Crippen molar-refractivity contribution in [1.29, 1.82) is 0 Å². The molecule has 0 radical (unpaired) electrons. The lowest BCUT2D eigenvalue weighted by molar-refractivity contribution is 1.04. The largest absolute Gasteiger partial charge is 0.208 e. The molecule has 6 aromatic carbocycles. The summed E-state index contributed by atoms with van der Waals surface area (Å²) in [4.78, 5) is 15.0. The van der Waals surface area contributed by atoms with E-state index in [1.54, 1.807) is 0 Å². The van der Waals surface area contributed by atoms with Crippen molar-refractivity contribution in [2.75, 3.05) is 0 Å². The molecule has 0 fully saturated rings. The SMILES string of the molecule is c1ccc(-c2ccc(-c3ccc(-c4cc5ccccc5cc4-c4nc(-c5ccccc5)nc(-c5ccccc5)n4)cc3)nn2)cc1. The number of fused-ring (bicyclic) bond motifs is 1. The maximum absolute atomic E-state index is 5.05. The third-order valence-electron chi connectivity index (χ3n) is 8.05. The quantitative estimate of drug-likeness (QED) is 0.193. The molecule has 8 aromatic rings. The van der Waals surface area contributed by atoms with Gasteiger partial charge in [-0.25, -0.2) is 15.0 Å². The molecule has 0 saturated heterocycles. The van der Waals surface area contributed by atoms with Crippen molar-refractivity contribution in [1.82, 2.24) is 25.1 Å². The number of hydrogen-bond acceptors (Lipinski definition) is 5. The second-order valence-electron chi connectivity index (χ2n) is 11.0. The lowest BCUT2D eigenvalue weighted by atomic mass is 9.94. The molecule has 2 heterocycles. The average molecular weight is 590 g/mol. The van der Waals surface area contributed by atoms with Crippen LogP contribution in [-0.2, 0) is 0 Å². The van der Waals surface area contributed by atoms with Crippen LogP contribution in [0, 0.1) is 0 Å². The maximum Gasteiger partial charge on any atom is 0.164 e. The molecule has 2 aromatic heterocycles. The second-order valence-corrected chi connectivity index (χ2v) is 11.0. The summed E-state index contributed by atoms with van der Waals surface area (Å²) in [5.74, 6) is 1.90. The number of hydrogen-bond donors (Lipinski definition) is 0. The third-order valence-corrected chi connectivity index (χ3v) is 8.05. The van der Waals surface area contributed by atoms with Gasteiger partial charge >= 0.3 is 0 Å². The van der Waals surface area contributed by atoms with Gasteiger partial charge in [0.15, 0.2) is 17.5 Å². The van der Waals surface area contributed by atoms with Gasteiger partial charge in [0.05, 0.1) is 11.4 Å². The molecule has 8 rings (SSSR count). The molecule has 0 aliphatic rings. The summed E-state index contributed by atoms with van der Waals surface area (Å²) in [6, 6.07) is 55.5. The van der Waals surface area contributed by atoms with Gasteiger partial charge in [0.1, 0.15) is 0 Å². The van der Waals surface area contributed by atoms with Gasteiger partial charge in [-0.15, -0.1) is 10.2 Å². The van der Waals surface area contributed by atoms with E-state index in [0.29, 0.717) is 17.5 Å². The lowest BCUT2D eigenvalue weighted by Crippen LogP contribution is -2.01. The zero-order valence-electron chi connectivity index (χ0n) is 24.8. The zero-order valence-corrected chi connectivity index (χ0v) is 24.8. The fraction of sp³-hybridized carbons (Fsp3) is 0. The van der Waals surface area contributed by atoms with E-state index in [2.05, 4.69) is 70.9 Å². The summed E-state index contributed by atoms with van der Waals surface area (Å²) in [5, 5.41) is 11.3. The molecule has 0 N–H and O–H groups in total. The van der Waals surface area contributed by atoms with Crippen LogP contribution in [0.1, 0.15) is 0 Å². The number of aromatic nitrogens is 5. The first-order chi connectivity index (χ1) is 22.8. The van der Waals surface area contributed by atoms with Gasteiger partial charge in [-0.2, -0.15) is 0 Å². The topological polar surface area (TPSA) is 64.5 Å². The van der Waals surface area contributed by atoms with Crippen LogP contribution in [0.15, 0.2) is 164 Å². The third kappa shape index (κ3) is 5.42. The molecule has 0 bridgehead atoms. The summed E-state index contributed by atoms with van der Waals surface area (Å²) in [6.07, 6.45) is 0. The Morgan fingerprint density at radius 3 is 1.17 bits per heavy atom. The minimum absolute atomic E-state index is 0.625.